The van der Waals surface area contributed by atoms with Gasteiger partial charge in [-0.05, 0) is 28.8 Å². The molecule has 0 bridgehead atoms. The fourth-order valence-corrected chi connectivity index (χ4v) is 9.46. The molecule has 0 saturated heterocycles. The normalized spacial score (nSPS) is 11.8. The van der Waals surface area contributed by atoms with Crippen LogP contribution < -0.4 is 14.8 Å². The van der Waals surface area contributed by atoms with Crippen molar-refractivity contribution in [1.29, 1.82) is 0 Å². The lowest BCUT2D eigenvalue weighted by molar-refractivity contribution is -0.136. The summed E-state index contributed by atoms with van der Waals surface area (Å²) in [5.74, 6) is -8.71. The summed E-state index contributed by atoms with van der Waals surface area (Å²) >= 11 is 0. The highest BCUT2D eigenvalue weighted by atomic mass is 19.2. The van der Waals surface area contributed by atoms with Crippen molar-refractivity contribution in [3.8, 4) is 11.5 Å². The van der Waals surface area contributed by atoms with Crippen LogP contribution in [0.4, 0.5) is 17.6 Å². The second-order valence-corrected chi connectivity index (χ2v) is 22.9. The van der Waals surface area contributed by atoms with Gasteiger partial charge in [-0.1, -0.05) is 72.8 Å². The van der Waals surface area contributed by atoms with Crippen molar-refractivity contribution in [3.63, 3.8) is 0 Å². The number of carbonyl (C=O) groups is 1. The summed E-state index contributed by atoms with van der Waals surface area (Å²) in [5, 5.41) is 3.83. The van der Waals surface area contributed by atoms with E-state index < -0.39 is 46.9 Å². The molecule has 0 aromatic heterocycles. The zero-order valence-corrected chi connectivity index (χ0v) is 63.6. The predicted octanol–water partition coefficient (Wildman–Crippen LogP) is 6.53. The van der Waals surface area contributed by atoms with Crippen LogP contribution in [0.3, 0.4) is 0 Å². The Bertz CT molecular complexity index is 2610. The molecule has 0 aliphatic rings. The van der Waals surface area contributed by atoms with Gasteiger partial charge in [-0.3, -0.25) is 10.1 Å². The van der Waals surface area contributed by atoms with Crippen molar-refractivity contribution < 1.29 is 146 Å². The van der Waals surface area contributed by atoms with Gasteiger partial charge in [-0.15, -0.1) is 0 Å². The standard InChI is InChI=1S/C77H119F4NO27/c1-84-70-14-12-69(13-15-70)77(67-8-4-2-5-9-67,68-10-6-3-7-11-68)82-17-19-86-21-23-88-25-27-90-29-31-92-33-35-94-37-39-96-41-43-98-45-47-100-49-51-102-53-55-104-57-59-106-61-63-108-65-64-107-62-60-105-58-56-103-54-52-101-50-48-99-46-44-97-42-40-95-38-36-93-34-32-91-30-28-89-26-24-87-22-20-85-18-16-73(83)109-76-74(80)71(78)66-72(79)75(76)81/h2-15,66,82H,16-65H2,1H3. The van der Waals surface area contributed by atoms with Crippen molar-refractivity contribution in [2.24, 2.45) is 0 Å². The van der Waals surface area contributed by atoms with Crippen LogP contribution in [-0.2, 0) is 124 Å². The van der Waals surface area contributed by atoms with Crippen molar-refractivity contribution >= 4 is 5.97 Å². The largest absolute Gasteiger partial charge is 0.497 e. The Morgan fingerprint density at radius 1 is 0.275 bits per heavy atom. The van der Waals surface area contributed by atoms with Gasteiger partial charge < -0.3 is 123 Å². The minimum Gasteiger partial charge on any atom is -0.497 e. The Morgan fingerprint density at radius 2 is 0.477 bits per heavy atom. The zero-order chi connectivity index (χ0) is 77.3. The molecule has 0 fully saturated rings. The van der Waals surface area contributed by atoms with E-state index in [1.54, 1.807) is 7.11 Å². The molecule has 0 spiro atoms. The van der Waals surface area contributed by atoms with Gasteiger partial charge in [0.1, 0.15) is 5.75 Å². The Balaban J connectivity index is 0.718. The minimum atomic E-state index is -1.80. The maximum atomic E-state index is 13.6. The molecule has 0 radical (unpaired) electrons. The second-order valence-electron chi connectivity index (χ2n) is 22.9. The average molecular weight is 1570 g/mol. The first-order valence-electron chi connectivity index (χ1n) is 37.3. The molecule has 622 valence electrons. The van der Waals surface area contributed by atoms with Crippen molar-refractivity contribution in [2.75, 3.05) is 331 Å². The Morgan fingerprint density at radius 3 is 0.697 bits per heavy atom. The molecule has 4 rings (SSSR count). The van der Waals surface area contributed by atoms with Crippen LogP contribution in [0.2, 0.25) is 0 Å². The van der Waals surface area contributed by atoms with Crippen LogP contribution in [0.5, 0.6) is 11.5 Å². The highest BCUT2D eigenvalue weighted by molar-refractivity contribution is 5.72. The van der Waals surface area contributed by atoms with Gasteiger partial charge in [0.15, 0.2) is 11.6 Å². The smallest absolute Gasteiger partial charge is 0.313 e. The van der Waals surface area contributed by atoms with E-state index in [1.807, 2.05) is 24.3 Å². The first kappa shape index (κ1) is 96.2. The molecule has 1 N–H and O–H groups in total. The quantitative estimate of drug-likeness (QED) is 0.0123. The van der Waals surface area contributed by atoms with Gasteiger partial charge in [-0.25, -0.2) is 8.78 Å². The second kappa shape index (κ2) is 70.7. The highest BCUT2D eigenvalue weighted by Gasteiger charge is 2.36. The Kier molecular flexibility index (Phi) is 62.4. The number of methoxy groups -OCH3 is 1. The molecule has 28 nitrogen and oxygen atoms in total. The molecule has 0 amide bonds. The summed E-state index contributed by atoms with van der Waals surface area (Å²) in [6, 6.07) is 29.2. The summed E-state index contributed by atoms with van der Waals surface area (Å²) in [4.78, 5) is 11.7. The van der Waals surface area contributed by atoms with Gasteiger partial charge in [0.2, 0.25) is 17.4 Å². The number of hydrogen-bond donors (Lipinski definition) is 1. The summed E-state index contributed by atoms with van der Waals surface area (Å²) < 4.78 is 196. The van der Waals surface area contributed by atoms with Crippen molar-refractivity contribution in [3.05, 3.63) is 131 Å². The maximum absolute atomic E-state index is 13.6. The number of halogens is 4. The zero-order valence-electron chi connectivity index (χ0n) is 63.6. The summed E-state index contributed by atoms with van der Waals surface area (Å²) in [5.41, 5.74) is 2.79. The minimum absolute atomic E-state index is 0.0167. The highest BCUT2D eigenvalue weighted by Crippen LogP contribution is 2.37. The van der Waals surface area contributed by atoms with Gasteiger partial charge >= 0.3 is 5.97 Å². The molecular weight excluding hydrogens is 1450 g/mol. The van der Waals surface area contributed by atoms with E-state index in [4.69, 9.17) is 118 Å². The molecule has 0 unspecified atom stereocenters. The lowest BCUT2D eigenvalue weighted by Gasteiger charge is -2.37. The molecular formula is C77H119F4NO27. The molecule has 0 aliphatic carbocycles. The number of ether oxygens (including phenoxy) is 26. The third-order valence-corrected chi connectivity index (χ3v) is 14.9. The number of esters is 1. The van der Waals surface area contributed by atoms with E-state index in [2.05, 4.69) is 70.7 Å². The number of rotatable bonds is 81. The van der Waals surface area contributed by atoms with Crippen molar-refractivity contribution in [2.45, 2.75) is 12.0 Å². The topological polar surface area (TPSA) is 269 Å². The SMILES string of the molecule is COc1ccc(C(NCCOCCOCCOCCOCCOCCOCCOCCOCCOCCOCCOCCOCCOCCOCCOCCOCCOCCOCCOCCOCCOCCOCCOCCOCCC(=O)Oc2c(F)c(F)cc(F)c2F)(c2ccccc2)c2ccccc2)cc1. The molecule has 0 aliphatic heterocycles. The van der Waals surface area contributed by atoms with Crippen LogP contribution in [0.15, 0.2) is 91.0 Å². The van der Waals surface area contributed by atoms with Gasteiger partial charge in [0.25, 0.3) is 0 Å². The van der Waals surface area contributed by atoms with Crippen LogP contribution in [0.25, 0.3) is 0 Å². The van der Waals surface area contributed by atoms with Crippen LogP contribution in [0.1, 0.15) is 23.1 Å². The van der Waals surface area contributed by atoms with Crippen LogP contribution in [-0.4, -0.2) is 337 Å². The third kappa shape index (κ3) is 50.6. The summed E-state index contributed by atoms with van der Waals surface area (Å²) in [7, 11) is 1.68. The van der Waals surface area contributed by atoms with Crippen LogP contribution >= 0.6 is 0 Å². The lowest BCUT2D eigenvalue weighted by Crippen LogP contribution is -2.46. The summed E-state index contributed by atoms with van der Waals surface area (Å²) in [6.07, 6.45) is -0.403. The van der Waals surface area contributed by atoms with Gasteiger partial charge in [0, 0.05) is 12.6 Å². The lowest BCUT2D eigenvalue weighted by atomic mass is 9.77. The molecule has 4 aromatic carbocycles. The molecule has 0 heterocycles. The van der Waals surface area contributed by atoms with E-state index in [0.29, 0.717) is 304 Å². The number of nitrogens with one attached hydrogen (secondary N) is 1. The average Bonchev–Trinajstić information content (AvgIpc) is 0.757. The molecule has 32 heteroatoms. The third-order valence-electron chi connectivity index (χ3n) is 14.9. The van der Waals surface area contributed by atoms with E-state index in [-0.39, 0.29) is 25.9 Å². The fraction of sp³-hybridized carbons (Fsp3) is 0.675. The Labute approximate surface area is 639 Å². The van der Waals surface area contributed by atoms with Crippen molar-refractivity contribution in [1.82, 2.24) is 5.32 Å². The predicted molar refractivity (Wildman–Crippen MR) is 390 cm³/mol. The summed E-state index contributed by atoms with van der Waals surface area (Å²) in [6.45, 7) is 21.0. The number of hydrogen-bond acceptors (Lipinski definition) is 28. The first-order valence-corrected chi connectivity index (χ1v) is 37.3. The fourth-order valence-electron chi connectivity index (χ4n) is 9.46. The molecule has 4 aromatic rings. The van der Waals surface area contributed by atoms with E-state index in [1.165, 1.54) is 0 Å². The first-order chi connectivity index (χ1) is 53.9. The van der Waals surface area contributed by atoms with Gasteiger partial charge in [0.05, 0.1) is 336 Å². The molecule has 0 atom stereocenters. The number of carbonyl (C=O) groups excluding carboxylic acids is 1. The molecule has 109 heavy (non-hydrogen) atoms. The van der Waals surface area contributed by atoms with Crippen LogP contribution in [0, 0.1) is 23.3 Å². The monoisotopic (exact) mass is 1570 g/mol. The van der Waals surface area contributed by atoms with E-state index in [0.717, 1.165) is 22.4 Å². The number of benzene rings is 4. The van der Waals surface area contributed by atoms with E-state index in [9.17, 15) is 22.4 Å². The maximum Gasteiger partial charge on any atom is 0.313 e. The molecule has 0 saturated carbocycles. The van der Waals surface area contributed by atoms with Gasteiger partial charge in [-0.2, -0.15) is 8.78 Å². The Hall–Kier alpha value is -5.13. The van der Waals surface area contributed by atoms with E-state index >= 15 is 0 Å².